The third-order valence-electron chi connectivity index (χ3n) is 2.29. The van der Waals surface area contributed by atoms with E-state index in [4.69, 9.17) is 0 Å². The zero-order valence-corrected chi connectivity index (χ0v) is 11.5. The molecule has 104 valence electrons. The lowest BCUT2D eigenvalue weighted by molar-refractivity contribution is -0.114. The molecule has 0 saturated carbocycles. The van der Waals surface area contributed by atoms with Crippen molar-refractivity contribution in [3.8, 4) is 0 Å². The Kier molecular flexibility index (Phi) is 5.81. The Labute approximate surface area is 113 Å². The van der Waals surface area contributed by atoms with E-state index in [-0.39, 0.29) is 11.9 Å². The van der Waals surface area contributed by atoms with Crippen LogP contribution < -0.4 is 16.0 Å². The van der Waals surface area contributed by atoms with E-state index in [0.717, 1.165) is 6.54 Å². The number of nitrogens with zero attached hydrogens (tertiary/aromatic N) is 1. The van der Waals surface area contributed by atoms with Crippen molar-refractivity contribution in [3.63, 3.8) is 0 Å². The minimum atomic E-state index is -0.262. The quantitative estimate of drug-likeness (QED) is 0.751. The number of urea groups is 1. The highest BCUT2D eigenvalue weighted by atomic mass is 16.2. The fourth-order valence-corrected chi connectivity index (χ4v) is 1.45. The molecule has 3 amide bonds. The van der Waals surface area contributed by atoms with Gasteiger partial charge in [0, 0.05) is 31.4 Å². The highest BCUT2D eigenvalue weighted by Crippen LogP contribution is 2.14. The second-order valence-corrected chi connectivity index (χ2v) is 4.45. The highest BCUT2D eigenvalue weighted by Gasteiger charge is 2.02. The lowest BCUT2D eigenvalue weighted by Crippen LogP contribution is -2.34. The second-order valence-electron chi connectivity index (χ2n) is 4.45. The predicted molar refractivity (Wildman–Crippen MR) is 76.3 cm³/mol. The van der Waals surface area contributed by atoms with Crippen molar-refractivity contribution >= 4 is 23.3 Å². The van der Waals surface area contributed by atoms with E-state index >= 15 is 0 Å². The van der Waals surface area contributed by atoms with Crippen LogP contribution in [0.4, 0.5) is 16.2 Å². The molecule has 0 saturated heterocycles. The molecular formula is C13H20N4O2. The Hall–Kier alpha value is -2.08. The van der Waals surface area contributed by atoms with Crippen LogP contribution in [0.15, 0.2) is 24.3 Å². The molecule has 0 spiro atoms. The summed E-state index contributed by atoms with van der Waals surface area (Å²) < 4.78 is 0. The lowest BCUT2D eigenvalue weighted by atomic mass is 10.3. The van der Waals surface area contributed by atoms with Crippen molar-refractivity contribution in [2.45, 2.75) is 6.92 Å². The van der Waals surface area contributed by atoms with Gasteiger partial charge in [0.2, 0.25) is 5.91 Å². The third kappa shape index (κ3) is 6.42. The largest absolute Gasteiger partial charge is 0.337 e. The molecule has 1 rings (SSSR count). The van der Waals surface area contributed by atoms with Gasteiger partial charge in [-0.1, -0.05) is 6.07 Å². The Morgan fingerprint density at radius 2 is 1.79 bits per heavy atom. The van der Waals surface area contributed by atoms with Gasteiger partial charge in [-0.15, -0.1) is 0 Å². The molecule has 0 fully saturated rings. The van der Waals surface area contributed by atoms with Crippen molar-refractivity contribution < 1.29 is 9.59 Å². The smallest absolute Gasteiger partial charge is 0.319 e. The fraction of sp³-hybridized carbons (Fsp3) is 0.385. The Morgan fingerprint density at radius 1 is 1.16 bits per heavy atom. The first-order valence-corrected chi connectivity index (χ1v) is 6.04. The molecule has 6 heteroatoms. The van der Waals surface area contributed by atoms with E-state index in [1.165, 1.54) is 6.92 Å². The van der Waals surface area contributed by atoms with E-state index in [2.05, 4.69) is 16.0 Å². The van der Waals surface area contributed by atoms with Crippen LogP contribution >= 0.6 is 0 Å². The molecule has 0 unspecified atom stereocenters. The zero-order valence-electron chi connectivity index (χ0n) is 11.5. The molecule has 0 atom stereocenters. The molecule has 0 aliphatic rings. The SMILES string of the molecule is CC(=O)Nc1cccc(NC(=O)NCCN(C)C)c1. The van der Waals surface area contributed by atoms with Crippen molar-refractivity contribution in [3.05, 3.63) is 24.3 Å². The average Bonchev–Trinajstić information content (AvgIpc) is 2.27. The summed E-state index contributed by atoms with van der Waals surface area (Å²) in [7, 11) is 3.88. The summed E-state index contributed by atoms with van der Waals surface area (Å²) in [6.45, 7) is 2.79. The normalized spacial score (nSPS) is 10.1. The van der Waals surface area contributed by atoms with E-state index in [1.807, 2.05) is 19.0 Å². The van der Waals surface area contributed by atoms with Crippen LogP contribution in [0.1, 0.15) is 6.92 Å². The molecule has 0 aliphatic heterocycles. The van der Waals surface area contributed by atoms with Crippen LogP contribution in [-0.2, 0) is 4.79 Å². The summed E-state index contributed by atoms with van der Waals surface area (Å²) in [6.07, 6.45) is 0. The molecule has 0 aliphatic carbocycles. The van der Waals surface area contributed by atoms with Gasteiger partial charge in [-0.2, -0.15) is 0 Å². The Morgan fingerprint density at radius 3 is 2.37 bits per heavy atom. The number of carbonyl (C=O) groups is 2. The van der Waals surface area contributed by atoms with Crippen molar-refractivity contribution in [2.24, 2.45) is 0 Å². The maximum Gasteiger partial charge on any atom is 0.319 e. The van der Waals surface area contributed by atoms with Crippen LogP contribution in [0, 0.1) is 0 Å². The minimum absolute atomic E-state index is 0.146. The highest BCUT2D eigenvalue weighted by molar-refractivity contribution is 5.92. The summed E-state index contributed by atoms with van der Waals surface area (Å²) in [4.78, 5) is 24.5. The summed E-state index contributed by atoms with van der Waals surface area (Å²) in [5.41, 5.74) is 1.28. The number of hydrogen-bond donors (Lipinski definition) is 3. The average molecular weight is 264 g/mol. The van der Waals surface area contributed by atoms with Gasteiger partial charge >= 0.3 is 6.03 Å². The van der Waals surface area contributed by atoms with E-state index in [1.54, 1.807) is 24.3 Å². The van der Waals surface area contributed by atoms with Crippen molar-refractivity contribution in [1.29, 1.82) is 0 Å². The van der Waals surface area contributed by atoms with Gasteiger partial charge in [0.15, 0.2) is 0 Å². The Balaban J connectivity index is 2.47. The first kappa shape index (κ1) is 15.0. The maximum absolute atomic E-state index is 11.6. The summed E-state index contributed by atoms with van der Waals surface area (Å²) >= 11 is 0. The van der Waals surface area contributed by atoms with Gasteiger partial charge in [0.05, 0.1) is 0 Å². The molecule has 0 heterocycles. The van der Waals surface area contributed by atoms with E-state index in [0.29, 0.717) is 17.9 Å². The molecule has 0 aromatic heterocycles. The van der Waals surface area contributed by atoms with Gasteiger partial charge in [0.25, 0.3) is 0 Å². The van der Waals surface area contributed by atoms with E-state index in [9.17, 15) is 9.59 Å². The lowest BCUT2D eigenvalue weighted by Gasteiger charge is -2.11. The fourth-order valence-electron chi connectivity index (χ4n) is 1.45. The number of nitrogens with one attached hydrogen (secondary N) is 3. The van der Waals surface area contributed by atoms with Gasteiger partial charge in [-0.3, -0.25) is 4.79 Å². The first-order chi connectivity index (χ1) is 8.97. The van der Waals surface area contributed by atoms with Gasteiger partial charge in [-0.05, 0) is 32.3 Å². The summed E-state index contributed by atoms with van der Waals surface area (Å²) in [6, 6.07) is 6.72. The van der Waals surface area contributed by atoms with Crippen LogP contribution in [0.3, 0.4) is 0 Å². The Bertz CT molecular complexity index is 446. The molecule has 3 N–H and O–H groups in total. The van der Waals surface area contributed by atoms with Crippen LogP contribution in [0.5, 0.6) is 0 Å². The van der Waals surface area contributed by atoms with Crippen LogP contribution in [0.25, 0.3) is 0 Å². The molecule has 0 radical (unpaired) electrons. The number of amides is 3. The topological polar surface area (TPSA) is 73.5 Å². The van der Waals surface area contributed by atoms with Gasteiger partial charge in [0.1, 0.15) is 0 Å². The number of benzene rings is 1. The number of hydrogen-bond acceptors (Lipinski definition) is 3. The zero-order chi connectivity index (χ0) is 14.3. The molecule has 0 bridgehead atoms. The minimum Gasteiger partial charge on any atom is -0.337 e. The van der Waals surface area contributed by atoms with Crippen molar-refractivity contribution in [1.82, 2.24) is 10.2 Å². The van der Waals surface area contributed by atoms with Crippen LogP contribution in [0.2, 0.25) is 0 Å². The maximum atomic E-state index is 11.6. The van der Waals surface area contributed by atoms with Crippen molar-refractivity contribution in [2.75, 3.05) is 37.8 Å². The second kappa shape index (κ2) is 7.38. The standard InChI is InChI=1S/C13H20N4O2/c1-10(18)15-11-5-4-6-12(9-11)16-13(19)14-7-8-17(2)3/h4-6,9H,7-8H2,1-3H3,(H,15,18)(H2,14,16,19). The van der Waals surface area contributed by atoms with E-state index < -0.39 is 0 Å². The number of carbonyl (C=O) groups excluding carboxylic acids is 2. The van der Waals surface area contributed by atoms with Crippen LogP contribution in [-0.4, -0.2) is 44.0 Å². The number of rotatable bonds is 5. The molecule has 1 aromatic carbocycles. The first-order valence-electron chi connectivity index (χ1n) is 6.04. The van der Waals surface area contributed by atoms with Gasteiger partial charge < -0.3 is 20.9 Å². The number of anilines is 2. The third-order valence-corrected chi connectivity index (χ3v) is 2.29. The predicted octanol–water partition coefficient (Wildman–Crippen LogP) is 1.33. The van der Waals surface area contributed by atoms with Gasteiger partial charge in [-0.25, -0.2) is 4.79 Å². The molecule has 19 heavy (non-hydrogen) atoms. The molecular weight excluding hydrogens is 244 g/mol. The number of likely N-dealkylation sites (N-methyl/N-ethyl adjacent to an activating group) is 1. The molecule has 1 aromatic rings. The summed E-state index contributed by atoms with van der Waals surface area (Å²) in [5, 5.41) is 8.11. The molecule has 6 nitrogen and oxygen atoms in total. The summed E-state index contributed by atoms with van der Waals surface area (Å²) in [5.74, 6) is -0.146. The monoisotopic (exact) mass is 264 g/mol.